The van der Waals surface area contributed by atoms with Gasteiger partial charge in [0, 0.05) is 0 Å². The molecule has 100 valence electrons. The maximum atomic E-state index is 11.5. The first-order chi connectivity index (χ1) is 8.97. The van der Waals surface area contributed by atoms with Gasteiger partial charge >= 0.3 is 0 Å². The van der Waals surface area contributed by atoms with Crippen LogP contribution in [-0.2, 0) is 10.1 Å². The molecule has 0 bridgehead atoms. The van der Waals surface area contributed by atoms with E-state index >= 15 is 0 Å². The molecule has 7 nitrogen and oxygen atoms in total. The highest BCUT2D eigenvalue weighted by Gasteiger charge is 2.07. The highest BCUT2D eigenvalue weighted by atomic mass is 32.2. The van der Waals surface area contributed by atoms with E-state index in [1.807, 2.05) is 0 Å². The van der Waals surface area contributed by atoms with E-state index in [1.54, 1.807) is 17.5 Å². The van der Waals surface area contributed by atoms with Gasteiger partial charge in [-0.25, -0.2) is 13.8 Å². The molecule has 19 heavy (non-hydrogen) atoms. The Morgan fingerprint density at radius 3 is 2.79 bits per heavy atom. The maximum Gasteiger partial charge on any atom is 0.281 e. The summed E-state index contributed by atoms with van der Waals surface area (Å²) in [5, 5.41) is 4.64. The Kier molecular flexibility index (Phi) is 3.79. The first-order valence-electron chi connectivity index (χ1n) is 4.89. The van der Waals surface area contributed by atoms with Crippen molar-refractivity contribution in [2.75, 3.05) is 0 Å². The number of nitrogens with one attached hydrogen (secondary N) is 1. The SMILES string of the molecule is O=C(NN=Cc1ccc(S(=O)(=O)[O-])o1)c1cccs1. The fraction of sp³-hybridized carbons (Fsp3) is 0. The van der Waals surface area contributed by atoms with Crippen molar-refractivity contribution in [1.29, 1.82) is 0 Å². The molecule has 0 atom stereocenters. The van der Waals surface area contributed by atoms with Crippen molar-refractivity contribution in [3.05, 3.63) is 40.3 Å². The average molecular weight is 299 g/mol. The predicted octanol–water partition coefficient (Wildman–Crippen LogP) is 1.01. The normalized spacial score (nSPS) is 11.8. The van der Waals surface area contributed by atoms with Gasteiger partial charge in [-0.05, 0) is 23.6 Å². The summed E-state index contributed by atoms with van der Waals surface area (Å²) in [6.07, 6.45) is 1.10. The van der Waals surface area contributed by atoms with Gasteiger partial charge < -0.3 is 8.97 Å². The van der Waals surface area contributed by atoms with E-state index in [4.69, 9.17) is 4.42 Å². The predicted molar refractivity (Wildman–Crippen MR) is 66.1 cm³/mol. The largest absolute Gasteiger partial charge is 0.742 e. The zero-order chi connectivity index (χ0) is 13.9. The van der Waals surface area contributed by atoms with Crippen molar-refractivity contribution in [2.24, 2.45) is 5.10 Å². The molecule has 0 unspecified atom stereocenters. The minimum atomic E-state index is -4.62. The monoisotopic (exact) mass is 299 g/mol. The third kappa shape index (κ3) is 3.50. The van der Waals surface area contributed by atoms with Crippen LogP contribution in [0, 0.1) is 0 Å². The number of carbonyl (C=O) groups is 1. The number of furan rings is 1. The zero-order valence-electron chi connectivity index (χ0n) is 9.27. The molecule has 1 amide bonds. The molecule has 0 aliphatic carbocycles. The van der Waals surface area contributed by atoms with Gasteiger partial charge in [0.05, 0.1) is 11.1 Å². The Morgan fingerprint density at radius 1 is 1.42 bits per heavy atom. The van der Waals surface area contributed by atoms with Crippen LogP contribution in [0.1, 0.15) is 15.4 Å². The Labute approximate surface area is 112 Å². The first-order valence-corrected chi connectivity index (χ1v) is 7.18. The minimum absolute atomic E-state index is 0.0425. The lowest BCUT2D eigenvalue weighted by Crippen LogP contribution is -2.15. The second-order valence-corrected chi connectivity index (χ2v) is 5.55. The van der Waals surface area contributed by atoms with Crippen LogP contribution in [0.3, 0.4) is 0 Å². The van der Waals surface area contributed by atoms with Crippen LogP contribution in [0.5, 0.6) is 0 Å². The molecule has 2 rings (SSSR count). The summed E-state index contributed by atoms with van der Waals surface area (Å²) >= 11 is 1.25. The number of thiophene rings is 1. The lowest BCUT2D eigenvalue weighted by molar-refractivity contribution is 0.0959. The molecular weight excluding hydrogens is 292 g/mol. The number of carbonyl (C=O) groups excluding carboxylic acids is 1. The van der Waals surface area contributed by atoms with E-state index < -0.39 is 21.1 Å². The van der Waals surface area contributed by atoms with Crippen molar-refractivity contribution < 1.29 is 22.2 Å². The van der Waals surface area contributed by atoms with E-state index in [2.05, 4.69) is 10.5 Å². The van der Waals surface area contributed by atoms with E-state index in [-0.39, 0.29) is 5.76 Å². The van der Waals surface area contributed by atoms with E-state index in [0.29, 0.717) is 4.88 Å². The number of amides is 1. The molecule has 0 spiro atoms. The highest BCUT2D eigenvalue weighted by molar-refractivity contribution is 7.85. The fourth-order valence-electron chi connectivity index (χ4n) is 1.16. The Bertz CT molecular complexity index is 700. The van der Waals surface area contributed by atoms with Crippen LogP contribution in [0.25, 0.3) is 0 Å². The molecule has 0 saturated carbocycles. The first kappa shape index (κ1) is 13.5. The third-order valence-corrected chi connectivity index (χ3v) is 3.53. The van der Waals surface area contributed by atoms with Crippen molar-refractivity contribution in [2.45, 2.75) is 5.09 Å². The van der Waals surface area contributed by atoms with E-state index in [1.165, 1.54) is 17.4 Å². The van der Waals surface area contributed by atoms with Crippen molar-refractivity contribution in [3.63, 3.8) is 0 Å². The van der Waals surface area contributed by atoms with Gasteiger partial charge in [0.25, 0.3) is 5.91 Å². The summed E-state index contributed by atoms with van der Waals surface area (Å²) in [5.41, 5.74) is 2.23. The second-order valence-electron chi connectivity index (χ2n) is 3.29. The second kappa shape index (κ2) is 5.34. The molecular formula is C10H7N2O5S2-. The Balaban J connectivity index is 2.00. The van der Waals surface area contributed by atoms with Crippen molar-refractivity contribution >= 4 is 33.6 Å². The fourth-order valence-corrected chi connectivity index (χ4v) is 2.20. The Hall–Kier alpha value is -1.97. The van der Waals surface area contributed by atoms with Gasteiger partial charge in [0.15, 0.2) is 10.1 Å². The van der Waals surface area contributed by atoms with Crippen LogP contribution in [-0.4, -0.2) is 25.1 Å². The number of hydrogen-bond donors (Lipinski definition) is 1. The molecule has 2 heterocycles. The van der Waals surface area contributed by atoms with Crippen molar-refractivity contribution in [1.82, 2.24) is 5.43 Å². The smallest absolute Gasteiger partial charge is 0.281 e. The number of hydrogen-bond acceptors (Lipinski definition) is 7. The van der Waals surface area contributed by atoms with Crippen LogP contribution in [0.4, 0.5) is 0 Å². The zero-order valence-corrected chi connectivity index (χ0v) is 10.9. The quantitative estimate of drug-likeness (QED) is 0.514. The third-order valence-electron chi connectivity index (χ3n) is 1.95. The summed E-state index contributed by atoms with van der Waals surface area (Å²) in [6.45, 7) is 0. The van der Waals surface area contributed by atoms with Gasteiger partial charge in [-0.3, -0.25) is 4.79 Å². The molecule has 9 heteroatoms. The van der Waals surface area contributed by atoms with Crippen LogP contribution in [0.15, 0.2) is 44.3 Å². The van der Waals surface area contributed by atoms with Gasteiger partial charge in [-0.1, -0.05) is 6.07 Å². The van der Waals surface area contributed by atoms with Gasteiger partial charge in [0.1, 0.15) is 5.76 Å². The van der Waals surface area contributed by atoms with Crippen LogP contribution >= 0.6 is 11.3 Å². The Morgan fingerprint density at radius 2 is 2.21 bits per heavy atom. The maximum absolute atomic E-state index is 11.5. The molecule has 0 aliphatic heterocycles. The average Bonchev–Trinajstić information content (AvgIpc) is 2.99. The van der Waals surface area contributed by atoms with Gasteiger partial charge in [-0.2, -0.15) is 5.10 Å². The number of rotatable bonds is 4. The minimum Gasteiger partial charge on any atom is -0.742 e. The molecule has 2 aromatic rings. The lowest BCUT2D eigenvalue weighted by Gasteiger charge is -2.00. The summed E-state index contributed by atoms with van der Waals surface area (Å²) < 4.78 is 36.6. The molecule has 0 aliphatic rings. The molecule has 1 N–H and O–H groups in total. The van der Waals surface area contributed by atoms with Crippen LogP contribution in [0.2, 0.25) is 0 Å². The molecule has 0 fully saturated rings. The summed E-state index contributed by atoms with van der Waals surface area (Å²) in [4.78, 5) is 12.0. The lowest BCUT2D eigenvalue weighted by atomic mass is 10.4. The van der Waals surface area contributed by atoms with Crippen LogP contribution < -0.4 is 5.43 Å². The molecule has 0 saturated heterocycles. The van der Waals surface area contributed by atoms with Gasteiger partial charge in [0.2, 0.25) is 5.09 Å². The van der Waals surface area contributed by atoms with Gasteiger partial charge in [-0.15, -0.1) is 11.3 Å². The topological polar surface area (TPSA) is 112 Å². The molecule has 0 aromatic carbocycles. The number of nitrogens with zero attached hydrogens (tertiary/aromatic N) is 1. The highest BCUT2D eigenvalue weighted by Crippen LogP contribution is 2.11. The standard InChI is InChI=1S/C10H8N2O5S2/c13-10(8-2-1-5-18-8)12-11-6-7-3-4-9(17-7)19(14,15)16/h1-6H,(H,12,13)(H,14,15,16)/p-1. The molecule has 0 radical (unpaired) electrons. The molecule has 2 aromatic heterocycles. The van der Waals surface area contributed by atoms with Crippen molar-refractivity contribution in [3.8, 4) is 0 Å². The summed E-state index contributed by atoms with van der Waals surface area (Å²) in [5.74, 6) is -0.351. The van der Waals surface area contributed by atoms with E-state index in [9.17, 15) is 17.8 Å². The summed E-state index contributed by atoms with van der Waals surface area (Å²) in [7, 11) is -4.62. The van der Waals surface area contributed by atoms with E-state index in [0.717, 1.165) is 12.3 Å². The number of hydrazone groups is 1. The summed E-state index contributed by atoms with van der Waals surface area (Å²) in [6, 6.07) is 5.63.